The SMILES string of the molecule is CC/C=C\C/C=C\C/C=C\C/C=C\C/C=C\C/C=C\CCC(=O)OCC(COCCCCCCCCCCCCCCCCCCCCCC)OC(=O)CCCCCCC/C=C\C/C=C\C/C=C\CC. The van der Waals surface area contributed by atoms with Crippen LogP contribution in [0.1, 0.15) is 265 Å². The summed E-state index contributed by atoms with van der Waals surface area (Å²) in [6.07, 6.45) is 82.7. The van der Waals surface area contributed by atoms with E-state index in [4.69, 9.17) is 14.2 Å². The standard InChI is InChI=1S/C65H110O5/c1-4-7-10-13-16-19-22-25-28-30-32-34-36-39-42-45-48-51-54-57-60-68-61-63(70-65(67)59-56-53-50-47-44-41-37-27-24-21-18-15-12-9-6-3)62-69-64(66)58-55-52-49-46-43-40-38-35-33-31-29-26-23-20-17-14-11-8-5-2/h8-9,11-12,17-18,20-21,26-27,29,33,35,37,40,43,49,52,63H,4-7,10,13-16,19,22-25,28,30-32,34,36,38-39,41-42,44-48,50-51,53-62H2,1-3H3/b11-8-,12-9-,20-17-,21-18-,29-26-,35-33-,37-27-,43-40-,52-49-. The fourth-order valence-electron chi connectivity index (χ4n) is 8.02. The van der Waals surface area contributed by atoms with Crippen LogP contribution in [0.15, 0.2) is 109 Å². The number of ether oxygens (including phenoxy) is 3. The summed E-state index contributed by atoms with van der Waals surface area (Å²) in [6, 6.07) is 0. The maximum Gasteiger partial charge on any atom is 0.306 e. The molecule has 1 atom stereocenters. The Morgan fingerprint density at radius 1 is 0.329 bits per heavy atom. The van der Waals surface area contributed by atoms with E-state index in [0.717, 1.165) is 96.3 Å². The van der Waals surface area contributed by atoms with Crippen LogP contribution in [0.2, 0.25) is 0 Å². The van der Waals surface area contributed by atoms with Crippen molar-refractivity contribution in [3.63, 3.8) is 0 Å². The fourth-order valence-corrected chi connectivity index (χ4v) is 8.02. The van der Waals surface area contributed by atoms with Gasteiger partial charge in [-0.05, 0) is 89.9 Å². The molecule has 0 aliphatic rings. The summed E-state index contributed by atoms with van der Waals surface area (Å²) >= 11 is 0. The molecular weight excluding hydrogens is 861 g/mol. The average molecular weight is 972 g/mol. The molecule has 0 rings (SSSR count). The third-order valence-corrected chi connectivity index (χ3v) is 12.3. The highest BCUT2D eigenvalue weighted by Gasteiger charge is 2.17. The predicted octanol–water partition coefficient (Wildman–Crippen LogP) is 20.3. The zero-order valence-corrected chi connectivity index (χ0v) is 46.0. The predicted molar refractivity (Wildman–Crippen MR) is 306 cm³/mol. The topological polar surface area (TPSA) is 61.8 Å². The van der Waals surface area contributed by atoms with Crippen molar-refractivity contribution in [1.29, 1.82) is 0 Å². The van der Waals surface area contributed by atoms with Crippen molar-refractivity contribution >= 4 is 11.9 Å². The lowest BCUT2D eigenvalue weighted by molar-refractivity contribution is -0.162. The largest absolute Gasteiger partial charge is 0.462 e. The summed E-state index contributed by atoms with van der Waals surface area (Å²) in [5.41, 5.74) is 0. The molecule has 0 saturated heterocycles. The maximum atomic E-state index is 12.9. The molecule has 5 nitrogen and oxygen atoms in total. The van der Waals surface area contributed by atoms with Crippen molar-refractivity contribution < 1.29 is 23.8 Å². The summed E-state index contributed by atoms with van der Waals surface area (Å²) in [5, 5.41) is 0. The third-order valence-electron chi connectivity index (χ3n) is 12.3. The van der Waals surface area contributed by atoms with Crippen molar-refractivity contribution in [3.8, 4) is 0 Å². The number of carbonyl (C=O) groups is 2. The van der Waals surface area contributed by atoms with Gasteiger partial charge in [0.05, 0.1) is 6.61 Å². The highest BCUT2D eigenvalue weighted by atomic mass is 16.6. The van der Waals surface area contributed by atoms with Gasteiger partial charge in [-0.25, -0.2) is 0 Å². The maximum absolute atomic E-state index is 12.9. The number of esters is 2. The van der Waals surface area contributed by atoms with Gasteiger partial charge in [-0.15, -0.1) is 0 Å². The van der Waals surface area contributed by atoms with E-state index < -0.39 is 6.10 Å². The van der Waals surface area contributed by atoms with Gasteiger partial charge in [0.25, 0.3) is 0 Å². The van der Waals surface area contributed by atoms with Crippen LogP contribution in [0.3, 0.4) is 0 Å². The molecule has 0 heterocycles. The molecule has 0 amide bonds. The zero-order chi connectivity index (χ0) is 50.6. The first-order chi connectivity index (χ1) is 34.6. The van der Waals surface area contributed by atoms with E-state index in [1.165, 1.54) is 128 Å². The van der Waals surface area contributed by atoms with E-state index in [1.54, 1.807) is 0 Å². The van der Waals surface area contributed by atoms with Crippen molar-refractivity contribution in [2.75, 3.05) is 19.8 Å². The van der Waals surface area contributed by atoms with E-state index in [2.05, 4.69) is 124 Å². The molecular formula is C65H110O5. The van der Waals surface area contributed by atoms with Gasteiger partial charge in [-0.3, -0.25) is 9.59 Å². The van der Waals surface area contributed by atoms with Gasteiger partial charge in [0, 0.05) is 19.4 Å². The molecule has 5 heteroatoms. The number of allylic oxidation sites excluding steroid dienone is 18. The quantitative estimate of drug-likeness (QED) is 0.0345. The Kier molecular flexibility index (Phi) is 56.9. The Hall–Kier alpha value is -3.44. The van der Waals surface area contributed by atoms with Crippen molar-refractivity contribution in [3.05, 3.63) is 109 Å². The lowest BCUT2D eigenvalue weighted by Gasteiger charge is -2.18. The van der Waals surface area contributed by atoms with Crippen LogP contribution in [0.25, 0.3) is 0 Å². The zero-order valence-electron chi connectivity index (χ0n) is 46.0. The number of unbranched alkanes of at least 4 members (excludes halogenated alkanes) is 24. The molecule has 0 aromatic rings. The van der Waals surface area contributed by atoms with Crippen LogP contribution in [0.4, 0.5) is 0 Å². The summed E-state index contributed by atoms with van der Waals surface area (Å²) < 4.78 is 17.4. The van der Waals surface area contributed by atoms with Gasteiger partial charge < -0.3 is 14.2 Å². The van der Waals surface area contributed by atoms with E-state index in [0.29, 0.717) is 25.9 Å². The van der Waals surface area contributed by atoms with Crippen LogP contribution in [-0.4, -0.2) is 37.9 Å². The Bertz CT molecular complexity index is 1380. The molecule has 400 valence electrons. The second kappa shape index (κ2) is 59.9. The summed E-state index contributed by atoms with van der Waals surface area (Å²) in [5.74, 6) is -0.511. The van der Waals surface area contributed by atoms with E-state index >= 15 is 0 Å². The molecule has 0 aliphatic heterocycles. The van der Waals surface area contributed by atoms with Crippen LogP contribution in [-0.2, 0) is 23.8 Å². The smallest absolute Gasteiger partial charge is 0.306 e. The normalized spacial score (nSPS) is 13.0. The Balaban J connectivity index is 4.38. The van der Waals surface area contributed by atoms with E-state index in [9.17, 15) is 9.59 Å². The van der Waals surface area contributed by atoms with Crippen LogP contribution in [0.5, 0.6) is 0 Å². The van der Waals surface area contributed by atoms with Gasteiger partial charge in [0.15, 0.2) is 6.10 Å². The third kappa shape index (κ3) is 57.1. The van der Waals surface area contributed by atoms with Gasteiger partial charge in [0.2, 0.25) is 0 Å². The minimum absolute atomic E-state index is 0.0345. The van der Waals surface area contributed by atoms with Gasteiger partial charge in [0.1, 0.15) is 6.61 Å². The second-order valence-corrected chi connectivity index (χ2v) is 19.1. The summed E-state index contributed by atoms with van der Waals surface area (Å²) in [6.45, 7) is 7.53. The number of carbonyl (C=O) groups excluding carboxylic acids is 2. The number of hydrogen-bond donors (Lipinski definition) is 0. The molecule has 0 radical (unpaired) electrons. The lowest BCUT2D eigenvalue weighted by Crippen LogP contribution is -2.30. The highest BCUT2D eigenvalue weighted by molar-refractivity contribution is 5.70. The van der Waals surface area contributed by atoms with E-state index in [1.807, 2.05) is 6.08 Å². The summed E-state index contributed by atoms with van der Waals surface area (Å²) in [7, 11) is 0. The first-order valence-electron chi connectivity index (χ1n) is 29.4. The number of hydrogen-bond acceptors (Lipinski definition) is 5. The monoisotopic (exact) mass is 971 g/mol. The number of rotatable bonds is 53. The minimum atomic E-state index is -0.582. The lowest BCUT2D eigenvalue weighted by atomic mass is 10.0. The van der Waals surface area contributed by atoms with Gasteiger partial charge in [-0.2, -0.15) is 0 Å². The van der Waals surface area contributed by atoms with Crippen molar-refractivity contribution in [2.45, 2.75) is 271 Å². The van der Waals surface area contributed by atoms with Crippen LogP contribution >= 0.6 is 0 Å². The second-order valence-electron chi connectivity index (χ2n) is 19.1. The van der Waals surface area contributed by atoms with Crippen molar-refractivity contribution in [1.82, 2.24) is 0 Å². The van der Waals surface area contributed by atoms with Crippen LogP contribution in [0, 0.1) is 0 Å². The van der Waals surface area contributed by atoms with Gasteiger partial charge >= 0.3 is 11.9 Å². The van der Waals surface area contributed by atoms with Gasteiger partial charge in [-0.1, -0.05) is 271 Å². The molecule has 0 spiro atoms. The fraction of sp³-hybridized carbons (Fsp3) is 0.692. The molecule has 0 N–H and O–H groups in total. The molecule has 0 saturated carbocycles. The van der Waals surface area contributed by atoms with Crippen LogP contribution < -0.4 is 0 Å². The molecule has 0 bridgehead atoms. The molecule has 0 aliphatic carbocycles. The molecule has 0 fully saturated rings. The first-order valence-corrected chi connectivity index (χ1v) is 29.4. The Morgan fingerprint density at radius 2 is 0.671 bits per heavy atom. The minimum Gasteiger partial charge on any atom is -0.462 e. The Morgan fingerprint density at radius 3 is 1.09 bits per heavy atom. The first kappa shape index (κ1) is 66.6. The molecule has 70 heavy (non-hydrogen) atoms. The van der Waals surface area contributed by atoms with E-state index in [-0.39, 0.29) is 25.2 Å². The highest BCUT2D eigenvalue weighted by Crippen LogP contribution is 2.16. The average Bonchev–Trinajstić information content (AvgIpc) is 3.36. The Labute approximate surface area is 434 Å². The molecule has 1 unspecified atom stereocenters. The molecule has 0 aromatic heterocycles. The summed E-state index contributed by atoms with van der Waals surface area (Å²) in [4.78, 5) is 25.5. The van der Waals surface area contributed by atoms with Crippen molar-refractivity contribution in [2.24, 2.45) is 0 Å². The molecule has 0 aromatic carbocycles.